The van der Waals surface area contributed by atoms with Crippen LogP contribution in [0.15, 0.2) is 46.9 Å². The van der Waals surface area contributed by atoms with Crippen LogP contribution in [-0.2, 0) is 6.42 Å². The summed E-state index contributed by atoms with van der Waals surface area (Å²) in [4.78, 5) is 12.1. The van der Waals surface area contributed by atoms with E-state index in [0.717, 1.165) is 22.0 Å². The quantitative estimate of drug-likeness (QED) is 0.900. The van der Waals surface area contributed by atoms with E-state index >= 15 is 0 Å². The van der Waals surface area contributed by atoms with E-state index in [1.54, 1.807) is 12.1 Å². The molecule has 2 aromatic rings. The number of hydrogen-bond acceptors (Lipinski definition) is 2. The number of benzene rings is 2. The molecule has 2 aromatic carbocycles. The second-order valence-electron chi connectivity index (χ2n) is 4.58. The van der Waals surface area contributed by atoms with Crippen LogP contribution in [0.3, 0.4) is 0 Å². The average molecular weight is 334 g/mol. The molecule has 2 N–H and O–H groups in total. The van der Waals surface area contributed by atoms with Gasteiger partial charge in [0.05, 0.1) is 0 Å². The predicted molar refractivity (Wildman–Crippen MR) is 83.0 cm³/mol. The van der Waals surface area contributed by atoms with Gasteiger partial charge in [-0.3, -0.25) is 4.79 Å². The summed E-state index contributed by atoms with van der Waals surface area (Å²) in [5.41, 5.74) is 2.70. The zero-order valence-corrected chi connectivity index (χ0v) is 12.8. The van der Waals surface area contributed by atoms with Crippen LogP contribution >= 0.6 is 15.9 Å². The molecule has 0 atom stereocenters. The fourth-order valence-electron chi connectivity index (χ4n) is 1.93. The summed E-state index contributed by atoms with van der Waals surface area (Å²) < 4.78 is 0.934. The van der Waals surface area contributed by atoms with Crippen molar-refractivity contribution in [2.75, 3.05) is 6.54 Å². The summed E-state index contributed by atoms with van der Waals surface area (Å²) >= 11 is 3.42. The van der Waals surface area contributed by atoms with Crippen LogP contribution in [0, 0.1) is 6.92 Å². The molecule has 0 fully saturated rings. The third-order valence-corrected chi connectivity index (χ3v) is 4.01. The topological polar surface area (TPSA) is 49.3 Å². The van der Waals surface area contributed by atoms with Crippen molar-refractivity contribution in [3.63, 3.8) is 0 Å². The Bertz CT molecular complexity index is 608. The molecule has 0 heterocycles. The van der Waals surface area contributed by atoms with Crippen LogP contribution in [0.25, 0.3) is 0 Å². The molecule has 104 valence electrons. The third-order valence-electron chi connectivity index (χ3n) is 3.15. The zero-order chi connectivity index (χ0) is 14.5. The fraction of sp³-hybridized carbons (Fsp3) is 0.188. The van der Waals surface area contributed by atoms with Crippen molar-refractivity contribution in [3.8, 4) is 5.75 Å². The van der Waals surface area contributed by atoms with Crippen molar-refractivity contribution >= 4 is 21.8 Å². The summed E-state index contributed by atoms with van der Waals surface area (Å²) in [6, 6.07) is 12.6. The monoisotopic (exact) mass is 333 g/mol. The Kier molecular flexibility index (Phi) is 4.79. The van der Waals surface area contributed by atoms with Crippen molar-refractivity contribution < 1.29 is 9.90 Å². The Balaban J connectivity index is 1.92. The summed E-state index contributed by atoms with van der Waals surface area (Å²) in [7, 11) is 0. The van der Waals surface area contributed by atoms with E-state index in [4.69, 9.17) is 0 Å². The lowest BCUT2D eigenvalue weighted by molar-refractivity contribution is 0.0953. The molecular formula is C16H16BrNO2. The van der Waals surface area contributed by atoms with E-state index < -0.39 is 0 Å². The molecule has 0 unspecified atom stereocenters. The number of aromatic hydroxyl groups is 1. The van der Waals surface area contributed by atoms with Gasteiger partial charge in [0.1, 0.15) is 5.75 Å². The molecule has 1 amide bonds. The number of halogens is 1. The fourth-order valence-corrected chi connectivity index (χ4v) is 2.30. The normalized spacial score (nSPS) is 10.3. The zero-order valence-electron chi connectivity index (χ0n) is 11.2. The van der Waals surface area contributed by atoms with Gasteiger partial charge in [-0.1, -0.05) is 34.1 Å². The van der Waals surface area contributed by atoms with E-state index in [1.807, 2.05) is 37.3 Å². The molecule has 4 heteroatoms. The summed E-state index contributed by atoms with van der Waals surface area (Å²) in [5.74, 6) is 0.185. The molecule has 0 radical (unpaired) electrons. The molecule has 0 aromatic heterocycles. The minimum atomic E-state index is -0.0671. The van der Waals surface area contributed by atoms with Crippen LogP contribution in [-0.4, -0.2) is 17.6 Å². The first-order chi connectivity index (χ1) is 9.58. The van der Waals surface area contributed by atoms with Gasteiger partial charge in [0.25, 0.3) is 5.91 Å². The number of nitrogens with one attached hydrogen (secondary N) is 1. The first-order valence-corrected chi connectivity index (χ1v) is 7.18. The van der Waals surface area contributed by atoms with Gasteiger partial charge in [0.2, 0.25) is 0 Å². The summed E-state index contributed by atoms with van der Waals surface area (Å²) in [6.45, 7) is 2.48. The Hall–Kier alpha value is -1.81. The molecule has 0 saturated carbocycles. The molecule has 0 aliphatic carbocycles. The molecule has 20 heavy (non-hydrogen) atoms. The molecular weight excluding hydrogens is 318 g/mol. The lowest BCUT2D eigenvalue weighted by atomic mass is 10.1. The Labute approximate surface area is 126 Å². The smallest absolute Gasteiger partial charge is 0.251 e. The molecule has 3 nitrogen and oxygen atoms in total. The van der Waals surface area contributed by atoms with Gasteiger partial charge in [0, 0.05) is 16.6 Å². The molecule has 2 rings (SSSR count). The second-order valence-corrected chi connectivity index (χ2v) is 5.44. The van der Waals surface area contributed by atoms with Gasteiger partial charge in [0.15, 0.2) is 0 Å². The van der Waals surface area contributed by atoms with E-state index in [2.05, 4.69) is 21.2 Å². The number of hydrogen-bond donors (Lipinski definition) is 2. The minimum absolute atomic E-state index is 0.0671. The van der Waals surface area contributed by atoms with Crippen LogP contribution in [0.5, 0.6) is 5.75 Å². The van der Waals surface area contributed by atoms with E-state index in [0.29, 0.717) is 12.1 Å². The lowest BCUT2D eigenvalue weighted by Crippen LogP contribution is -2.26. The summed E-state index contributed by atoms with van der Waals surface area (Å²) in [6.07, 6.45) is 0.735. The number of phenolic OH excluding ortho intramolecular Hbond substituents is 1. The molecule has 0 aliphatic rings. The maximum Gasteiger partial charge on any atom is 0.251 e. The Morgan fingerprint density at radius 2 is 1.90 bits per heavy atom. The highest BCUT2D eigenvalue weighted by Crippen LogP contribution is 2.19. The van der Waals surface area contributed by atoms with E-state index in [-0.39, 0.29) is 11.7 Å². The van der Waals surface area contributed by atoms with Crippen molar-refractivity contribution in [2.45, 2.75) is 13.3 Å². The van der Waals surface area contributed by atoms with Crippen LogP contribution in [0.4, 0.5) is 0 Å². The lowest BCUT2D eigenvalue weighted by Gasteiger charge is -2.09. The minimum Gasteiger partial charge on any atom is -0.508 e. The number of phenols is 1. The summed E-state index contributed by atoms with van der Waals surface area (Å²) in [5, 5.41) is 12.1. The standard InChI is InChI=1S/C16H16BrNO2/c1-11-14(3-2-4-15(11)17)16(20)18-10-9-12-5-7-13(19)8-6-12/h2-8,19H,9-10H2,1H3,(H,18,20). The molecule has 0 spiro atoms. The van der Waals surface area contributed by atoms with Gasteiger partial charge < -0.3 is 10.4 Å². The highest BCUT2D eigenvalue weighted by molar-refractivity contribution is 9.10. The highest BCUT2D eigenvalue weighted by Gasteiger charge is 2.09. The maximum absolute atomic E-state index is 12.1. The number of carbonyl (C=O) groups excluding carboxylic acids is 1. The largest absolute Gasteiger partial charge is 0.508 e. The van der Waals surface area contributed by atoms with Crippen molar-refractivity contribution in [1.29, 1.82) is 0 Å². The number of carbonyl (C=O) groups is 1. The maximum atomic E-state index is 12.1. The Morgan fingerprint density at radius 1 is 1.20 bits per heavy atom. The first kappa shape index (κ1) is 14.6. The van der Waals surface area contributed by atoms with Crippen molar-refractivity contribution in [2.24, 2.45) is 0 Å². The van der Waals surface area contributed by atoms with E-state index in [1.165, 1.54) is 0 Å². The highest BCUT2D eigenvalue weighted by atomic mass is 79.9. The first-order valence-electron chi connectivity index (χ1n) is 6.39. The van der Waals surface area contributed by atoms with Crippen molar-refractivity contribution in [3.05, 3.63) is 63.6 Å². The van der Waals surface area contributed by atoms with Crippen LogP contribution < -0.4 is 5.32 Å². The van der Waals surface area contributed by atoms with Crippen molar-refractivity contribution in [1.82, 2.24) is 5.32 Å². The number of rotatable bonds is 4. The van der Waals surface area contributed by atoms with Gasteiger partial charge in [-0.15, -0.1) is 0 Å². The third kappa shape index (κ3) is 3.61. The van der Waals surface area contributed by atoms with E-state index in [9.17, 15) is 9.90 Å². The Morgan fingerprint density at radius 3 is 2.60 bits per heavy atom. The predicted octanol–water partition coefficient (Wildman–Crippen LogP) is 3.44. The number of amides is 1. The SMILES string of the molecule is Cc1c(Br)cccc1C(=O)NCCc1ccc(O)cc1. The molecule has 0 aliphatic heterocycles. The molecule has 0 saturated heterocycles. The second kappa shape index (κ2) is 6.57. The van der Waals surface area contributed by atoms with Crippen LogP contribution in [0.2, 0.25) is 0 Å². The van der Waals surface area contributed by atoms with Crippen LogP contribution in [0.1, 0.15) is 21.5 Å². The van der Waals surface area contributed by atoms with Gasteiger partial charge >= 0.3 is 0 Å². The van der Waals surface area contributed by atoms with Gasteiger partial charge in [-0.2, -0.15) is 0 Å². The average Bonchev–Trinajstić information content (AvgIpc) is 2.44. The van der Waals surface area contributed by atoms with Gasteiger partial charge in [-0.25, -0.2) is 0 Å². The molecule has 0 bridgehead atoms. The van der Waals surface area contributed by atoms with Gasteiger partial charge in [-0.05, 0) is 48.7 Å².